The molecule has 0 radical (unpaired) electrons. The molecule has 1 N–H and O–H groups in total. The van der Waals surface area contributed by atoms with Crippen LogP contribution in [0.25, 0.3) is 0 Å². The summed E-state index contributed by atoms with van der Waals surface area (Å²) in [7, 11) is -3.79. The standard InChI is InChI=1S/C26H34N2O5S/c1-4-7-19-33-24-14-16-25(17-15-24)34(31,32)20-26(28(30)21-29)23-12-10-22(11-13-23)9-8-18-27(5-2)6-3/h10-17,21,26,30H,5-6,8-9,18-20H2,1-3H3. The molecule has 0 saturated heterocycles. The summed E-state index contributed by atoms with van der Waals surface area (Å²) in [6.07, 6.45) is 2.14. The summed E-state index contributed by atoms with van der Waals surface area (Å²) in [5.74, 6) is 5.54. The third-order valence-corrected chi connectivity index (χ3v) is 7.42. The van der Waals surface area contributed by atoms with Crippen LogP contribution in [0.5, 0.6) is 5.75 Å². The highest BCUT2D eigenvalue weighted by Gasteiger charge is 2.27. The Morgan fingerprint density at radius 1 is 1.06 bits per heavy atom. The molecule has 1 unspecified atom stereocenters. The summed E-state index contributed by atoms with van der Waals surface area (Å²) in [6, 6.07) is 12.4. The number of nitrogens with zero attached hydrogens (tertiary/aromatic N) is 2. The van der Waals surface area contributed by atoms with E-state index in [1.807, 2.05) is 12.1 Å². The van der Waals surface area contributed by atoms with Crippen molar-refractivity contribution in [2.45, 2.75) is 44.6 Å². The first-order valence-corrected chi connectivity index (χ1v) is 13.1. The number of hydroxylamine groups is 2. The van der Waals surface area contributed by atoms with Gasteiger partial charge in [0.05, 0.1) is 16.7 Å². The summed E-state index contributed by atoms with van der Waals surface area (Å²) >= 11 is 0. The number of hydrogen-bond donors (Lipinski definition) is 1. The van der Waals surface area contributed by atoms with Gasteiger partial charge in [0.15, 0.2) is 9.84 Å². The van der Waals surface area contributed by atoms with E-state index in [0.717, 1.165) is 38.0 Å². The lowest BCUT2D eigenvalue weighted by Gasteiger charge is -2.23. The smallest absolute Gasteiger partial charge is 0.233 e. The maximum absolute atomic E-state index is 13.0. The first kappa shape index (κ1) is 27.4. The molecule has 0 fully saturated rings. The van der Waals surface area contributed by atoms with Crippen molar-refractivity contribution in [2.24, 2.45) is 0 Å². The van der Waals surface area contributed by atoms with Gasteiger partial charge in [0, 0.05) is 0 Å². The quantitative estimate of drug-likeness (QED) is 0.190. The predicted molar refractivity (Wildman–Crippen MR) is 132 cm³/mol. The molecule has 2 rings (SSSR count). The topological polar surface area (TPSA) is 87.2 Å². The Labute approximate surface area is 203 Å². The zero-order valence-corrected chi connectivity index (χ0v) is 20.9. The van der Waals surface area contributed by atoms with Crippen LogP contribution in [0.1, 0.15) is 44.4 Å². The number of sulfone groups is 1. The molecule has 0 aliphatic heterocycles. The number of ether oxygens (including phenoxy) is 1. The van der Waals surface area contributed by atoms with Gasteiger partial charge >= 0.3 is 0 Å². The Kier molecular flexibility index (Phi) is 11.1. The molecule has 0 saturated carbocycles. The third kappa shape index (κ3) is 8.17. The van der Waals surface area contributed by atoms with Crippen LogP contribution < -0.4 is 4.74 Å². The molecule has 0 aliphatic rings. The van der Waals surface area contributed by atoms with Gasteiger partial charge in [-0.3, -0.25) is 10.0 Å². The van der Waals surface area contributed by atoms with Crippen molar-refractivity contribution in [3.63, 3.8) is 0 Å². The second-order valence-corrected chi connectivity index (χ2v) is 9.88. The second-order valence-electron chi connectivity index (χ2n) is 7.84. The van der Waals surface area contributed by atoms with E-state index < -0.39 is 21.6 Å². The third-order valence-electron chi connectivity index (χ3n) is 5.67. The lowest BCUT2D eigenvalue weighted by molar-refractivity contribution is -0.158. The highest BCUT2D eigenvalue weighted by atomic mass is 32.2. The predicted octanol–water partition coefficient (Wildman–Crippen LogP) is 3.73. The molecule has 8 heteroatoms. The van der Waals surface area contributed by atoms with Gasteiger partial charge in [0.1, 0.15) is 12.4 Å². The summed E-state index contributed by atoms with van der Waals surface area (Å²) in [5.41, 5.74) is 1.67. The van der Waals surface area contributed by atoms with Crippen molar-refractivity contribution in [2.75, 3.05) is 32.0 Å². The average Bonchev–Trinajstić information content (AvgIpc) is 2.86. The molecule has 34 heavy (non-hydrogen) atoms. The number of rotatable bonds is 14. The molecule has 0 aliphatic carbocycles. The van der Waals surface area contributed by atoms with Crippen molar-refractivity contribution in [3.8, 4) is 17.6 Å². The van der Waals surface area contributed by atoms with Crippen LogP contribution in [0.2, 0.25) is 0 Å². The largest absolute Gasteiger partial charge is 0.481 e. The summed E-state index contributed by atoms with van der Waals surface area (Å²) in [5, 5.41) is 10.5. The van der Waals surface area contributed by atoms with E-state index in [9.17, 15) is 18.4 Å². The lowest BCUT2D eigenvalue weighted by Crippen LogP contribution is -2.30. The molecular weight excluding hydrogens is 452 g/mol. The summed E-state index contributed by atoms with van der Waals surface area (Å²) in [4.78, 5) is 13.7. The summed E-state index contributed by atoms with van der Waals surface area (Å²) in [6.45, 7) is 9.27. The van der Waals surface area contributed by atoms with E-state index in [1.54, 1.807) is 31.2 Å². The Bertz CT molecular complexity index is 1050. The molecule has 0 heterocycles. The first-order valence-electron chi connectivity index (χ1n) is 11.4. The Balaban J connectivity index is 2.11. The maximum Gasteiger partial charge on any atom is 0.233 e. The number of aryl methyl sites for hydroxylation is 1. The van der Waals surface area contributed by atoms with Crippen molar-refractivity contribution >= 4 is 16.2 Å². The zero-order valence-electron chi connectivity index (χ0n) is 20.1. The highest BCUT2D eigenvalue weighted by molar-refractivity contribution is 7.91. The van der Waals surface area contributed by atoms with Gasteiger partial charge in [-0.25, -0.2) is 13.5 Å². The van der Waals surface area contributed by atoms with Crippen LogP contribution in [0.15, 0.2) is 53.4 Å². The van der Waals surface area contributed by atoms with Gasteiger partial charge in [-0.2, -0.15) is 0 Å². The van der Waals surface area contributed by atoms with Gasteiger partial charge in [0.25, 0.3) is 0 Å². The fourth-order valence-corrected chi connectivity index (χ4v) is 5.09. The fourth-order valence-electron chi connectivity index (χ4n) is 3.59. The number of benzene rings is 2. The van der Waals surface area contributed by atoms with Crippen LogP contribution in [0.4, 0.5) is 0 Å². The number of carbonyl (C=O) groups excluding carboxylic acids is 1. The summed E-state index contributed by atoms with van der Waals surface area (Å²) < 4.78 is 31.5. The lowest BCUT2D eigenvalue weighted by atomic mass is 10.0. The van der Waals surface area contributed by atoms with Gasteiger partial charge < -0.3 is 9.64 Å². The number of hydrogen-bond acceptors (Lipinski definition) is 6. The van der Waals surface area contributed by atoms with Crippen LogP contribution >= 0.6 is 0 Å². The monoisotopic (exact) mass is 486 g/mol. The van der Waals surface area contributed by atoms with E-state index in [-0.39, 0.29) is 17.9 Å². The minimum atomic E-state index is -3.79. The Hall–Kier alpha value is -2.86. The molecule has 0 aromatic heterocycles. The maximum atomic E-state index is 13.0. The molecule has 0 spiro atoms. The molecule has 1 amide bonds. The molecule has 0 bridgehead atoms. The molecule has 7 nitrogen and oxygen atoms in total. The minimum Gasteiger partial charge on any atom is -0.481 e. The van der Waals surface area contributed by atoms with Crippen molar-refractivity contribution in [1.29, 1.82) is 0 Å². The molecular formula is C26H34N2O5S. The van der Waals surface area contributed by atoms with Crippen LogP contribution in [-0.4, -0.2) is 62.0 Å². The van der Waals surface area contributed by atoms with Crippen molar-refractivity contribution in [1.82, 2.24) is 9.96 Å². The van der Waals surface area contributed by atoms with Gasteiger partial charge in [-0.1, -0.05) is 44.0 Å². The van der Waals surface area contributed by atoms with Gasteiger partial charge in [-0.15, -0.1) is 5.92 Å². The van der Waals surface area contributed by atoms with E-state index in [1.165, 1.54) is 12.1 Å². The normalized spacial score (nSPS) is 12.0. The Morgan fingerprint density at radius 2 is 1.71 bits per heavy atom. The van der Waals surface area contributed by atoms with E-state index in [0.29, 0.717) is 16.4 Å². The first-order chi connectivity index (χ1) is 16.3. The minimum absolute atomic E-state index is 0.0822. The molecule has 2 aromatic rings. The van der Waals surface area contributed by atoms with Gasteiger partial charge in [-0.05, 0) is 74.8 Å². The average molecular weight is 487 g/mol. The van der Waals surface area contributed by atoms with Crippen LogP contribution in [-0.2, 0) is 21.1 Å². The van der Waals surface area contributed by atoms with E-state index >= 15 is 0 Å². The van der Waals surface area contributed by atoms with Crippen LogP contribution in [0.3, 0.4) is 0 Å². The number of amides is 1. The molecule has 1 atom stereocenters. The van der Waals surface area contributed by atoms with Crippen LogP contribution in [0, 0.1) is 11.8 Å². The fraction of sp³-hybridized carbons (Fsp3) is 0.423. The molecule has 184 valence electrons. The van der Waals surface area contributed by atoms with E-state index in [4.69, 9.17) is 4.74 Å². The highest BCUT2D eigenvalue weighted by Crippen LogP contribution is 2.25. The van der Waals surface area contributed by atoms with Gasteiger partial charge in [0.2, 0.25) is 6.41 Å². The molecule has 2 aromatic carbocycles. The Morgan fingerprint density at radius 3 is 2.26 bits per heavy atom. The van der Waals surface area contributed by atoms with Crippen molar-refractivity contribution < 1.29 is 23.2 Å². The second kappa shape index (κ2) is 13.8. The van der Waals surface area contributed by atoms with E-state index in [2.05, 4.69) is 30.6 Å². The zero-order chi connectivity index (χ0) is 25.0. The van der Waals surface area contributed by atoms with Crippen molar-refractivity contribution in [3.05, 3.63) is 59.7 Å². The SMILES string of the molecule is CC#CCOc1ccc(S(=O)(=O)CC(c2ccc(CCCN(CC)CC)cc2)N(O)C=O)cc1. The number of carbonyl (C=O) groups is 1.